The van der Waals surface area contributed by atoms with Crippen LogP contribution in [0.15, 0.2) is 18.3 Å². The van der Waals surface area contributed by atoms with Crippen molar-refractivity contribution in [2.24, 2.45) is 5.73 Å². The highest BCUT2D eigenvalue weighted by molar-refractivity contribution is 5.94. The molecular formula is C11H16N4O. The maximum atomic E-state index is 11.9. The van der Waals surface area contributed by atoms with Crippen molar-refractivity contribution in [2.75, 3.05) is 13.1 Å². The Kier molecular flexibility index (Phi) is 3.48. The first kappa shape index (κ1) is 11.0. The molecule has 0 saturated carbocycles. The molecule has 0 aliphatic carbocycles. The van der Waals surface area contributed by atoms with Crippen LogP contribution in [-0.4, -0.2) is 30.0 Å². The molecule has 0 radical (unpaired) electrons. The van der Waals surface area contributed by atoms with Gasteiger partial charge in [0.05, 0.1) is 5.69 Å². The molecule has 1 amide bonds. The highest BCUT2D eigenvalue weighted by Gasteiger charge is 2.17. The summed E-state index contributed by atoms with van der Waals surface area (Å²) in [6.45, 7) is 2.17. The molecule has 0 spiro atoms. The van der Waals surface area contributed by atoms with Gasteiger partial charge in [-0.2, -0.15) is 0 Å². The summed E-state index contributed by atoms with van der Waals surface area (Å²) in [4.78, 5) is 15.9. The fourth-order valence-electron chi connectivity index (χ4n) is 1.78. The predicted molar refractivity (Wildman–Crippen MR) is 60.9 cm³/mol. The zero-order valence-electron chi connectivity index (χ0n) is 9.07. The second-order valence-electron chi connectivity index (χ2n) is 3.90. The summed E-state index contributed by atoms with van der Waals surface area (Å²) in [6, 6.07) is 3.68. The normalized spacial score (nSPS) is 19.7. The number of nitrogens with two attached hydrogens (primary N) is 1. The SMILES string of the molecule is NCc1cc(C(=O)NC2CCNC2)ccn1. The Balaban J connectivity index is 2.01. The van der Waals surface area contributed by atoms with Crippen LogP contribution in [0.5, 0.6) is 0 Å². The molecule has 1 aromatic heterocycles. The van der Waals surface area contributed by atoms with Gasteiger partial charge in [0.1, 0.15) is 0 Å². The van der Waals surface area contributed by atoms with E-state index in [1.54, 1.807) is 18.3 Å². The first-order valence-corrected chi connectivity index (χ1v) is 5.46. The van der Waals surface area contributed by atoms with E-state index in [0.29, 0.717) is 12.1 Å². The first-order valence-electron chi connectivity index (χ1n) is 5.46. The Morgan fingerprint density at radius 2 is 2.56 bits per heavy atom. The summed E-state index contributed by atoms with van der Waals surface area (Å²) >= 11 is 0. The number of carbonyl (C=O) groups is 1. The van der Waals surface area contributed by atoms with Crippen molar-refractivity contribution in [3.8, 4) is 0 Å². The summed E-state index contributed by atoms with van der Waals surface area (Å²) in [5.74, 6) is -0.0502. The molecule has 1 aliphatic rings. The van der Waals surface area contributed by atoms with E-state index in [1.807, 2.05) is 0 Å². The molecule has 1 unspecified atom stereocenters. The van der Waals surface area contributed by atoms with Crippen molar-refractivity contribution in [1.29, 1.82) is 0 Å². The van der Waals surface area contributed by atoms with E-state index in [4.69, 9.17) is 5.73 Å². The molecule has 4 N–H and O–H groups in total. The van der Waals surface area contributed by atoms with Crippen LogP contribution < -0.4 is 16.4 Å². The topological polar surface area (TPSA) is 80.0 Å². The van der Waals surface area contributed by atoms with Crippen molar-refractivity contribution in [3.05, 3.63) is 29.6 Å². The fraction of sp³-hybridized carbons (Fsp3) is 0.455. The smallest absolute Gasteiger partial charge is 0.251 e. The molecule has 0 bridgehead atoms. The van der Waals surface area contributed by atoms with Crippen molar-refractivity contribution in [3.63, 3.8) is 0 Å². The lowest BCUT2D eigenvalue weighted by molar-refractivity contribution is 0.0940. The molecule has 1 aliphatic heterocycles. The molecule has 2 rings (SSSR count). The number of aromatic nitrogens is 1. The Hall–Kier alpha value is -1.46. The van der Waals surface area contributed by atoms with Gasteiger partial charge < -0.3 is 16.4 Å². The van der Waals surface area contributed by atoms with Crippen LogP contribution in [0.3, 0.4) is 0 Å². The van der Waals surface area contributed by atoms with Crippen LogP contribution in [0.1, 0.15) is 22.5 Å². The van der Waals surface area contributed by atoms with Gasteiger partial charge in [-0.3, -0.25) is 9.78 Å². The minimum Gasteiger partial charge on any atom is -0.348 e. The molecule has 5 nitrogen and oxygen atoms in total. The average molecular weight is 220 g/mol. The standard InChI is InChI=1S/C11H16N4O/c12-6-10-5-8(1-4-14-10)11(16)15-9-2-3-13-7-9/h1,4-5,9,13H,2-3,6-7,12H2,(H,15,16). The number of hydrogen-bond donors (Lipinski definition) is 3. The molecule has 1 aromatic rings. The van der Waals surface area contributed by atoms with Gasteiger partial charge in [-0.15, -0.1) is 0 Å². The third-order valence-electron chi connectivity index (χ3n) is 2.68. The van der Waals surface area contributed by atoms with E-state index < -0.39 is 0 Å². The quantitative estimate of drug-likeness (QED) is 0.649. The summed E-state index contributed by atoms with van der Waals surface area (Å²) in [7, 11) is 0. The Morgan fingerprint density at radius 1 is 1.69 bits per heavy atom. The van der Waals surface area contributed by atoms with Gasteiger partial charge in [-0.25, -0.2) is 0 Å². The van der Waals surface area contributed by atoms with Gasteiger partial charge in [0.15, 0.2) is 0 Å². The average Bonchev–Trinajstić information content (AvgIpc) is 2.82. The summed E-state index contributed by atoms with van der Waals surface area (Å²) in [5.41, 5.74) is 6.84. The number of pyridine rings is 1. The third-order valence-corrected chi connectivity index (χ3v) is 2.68. The lowest BCUT2D eigenvalue weighted by Gasteiger charge is -2.11. The van der Waals surface area contributed by atoms with Crippen molar-refractivity contribution in [2.45, 2.75) is 19.0 Å². The minimum absolute atomic E-state index is 0.0502. The summed E-state index contributed by atoms with van der Waals surface area (Å²) < 4.78 is 0. The maximum absolute atomic E-state index is 11.9. The highest BCUT2D eigenvalue weighted by Crippen LogP contribution is 2.04. The molecule has 5 heteroatoms. The lowest BCUT2D eigenvalue weighted by Crippen LogP contribution is -2.36. The fourth-order valence-corrected chi connectivity index (χ4v) is 1.78. The van der Waals surface area contributed by atoms with Gasteiger partial charge in [0, 0.05) is 30.9 Å². The second kappa shape index (κ2) is 5.05. The highest BCUT2D eigenvalue weighted by atomic mass is 16.1. The molecule has 1 fully saturated rings. The van der Waals surface area contributed by atoms with Crippen molar-refractivity contribution in [1.82, 2.24) is 15.6 Å². The van der Waals surface area contributed by atoms with Crippen molar-refractivity contribution >= 4 is 5.91 Å². The van der Waals surface area contributed by atoms with E-state index >= 15 is 0 Å². The number of nitrogens with one attached hydrogen (secondary N) is 2. The van der Waals surface area contributed by atoms with Gasteiger partial charge in [0.25, 0.3) is 5.91 Å². The molecule has 86 valence electrons. The molecular weight excluding hydrogens is 204 g/mol. The molecule has 1 saturated heterocycles. The van der Waals surface area contributed by atoms with Crippen LogP contribution in [0.2, 0.25) is 0 Å². The lowest BCUT2D eigenvalue weighted by atomic mass is 10.2. The zero-order chi connectivity index (χ0) is 11.4. The monoisotopic (exact) mass is 220 g/mol. The van der Waals surface area contributed by atoms with Crippen LogP contribution in [0.4, 0.5) is 0 Å². The number of carbonyl (C=O) groups excluding carboxylic acids is 1. The van der Waals surface area contributed by atoms with Gasteiger partial charge in [0.2, 0.25) is 0 Å². The number of nitrogens with zero attached hydrogens (tertiary/aromatic N) is 1. The largest absolute Gasteiger partial charge is 0.348 e. The van der Waals surface area contributed by atoms with Gasteiger partial charge in [-0.1, -0.05) is 0 Å². The Morgan fingerprint density at radius 3 is 3.25 bits per heavy atom. The second-order valence-corrected chi connectivity index (χ2v) is 3.90. The third kappa shape index (κ3) is 2.56. The van der Waals surface area contributed by atoms with E-state index in [-0.39, 0.29) is 11.9 Å². The van der Waals surface area contributed by atoms with Crippen LogP contribution in [0.25, 0.3) is 0 Å². The Bertz CT molecular complexity index is 374. The van der Waals surface area contributed by atoms with E-state index in [2.05, 4.69) is 15.6 Å². The number of amides is 1. The maximum Gasteiger partial charge on any atom is 0.251 e. The van der Waals surface area contributed by atoms with E-state index in [0.717, 1.165) is 25.2 Å². The number of hydrogen-bond acceptors (Lipinski definition) is 4. The van der Waals surface area contributed by atoms with Crippen LogP contribution in [-0.2, 0) is 6.54 Å². The predicted octanol–water partition coefficient (Wildman–Crippen LogP) is -0.368. The molecule has 1 atom stereocenters. The van der Waals surface area contributed by atoms with E-state index in [1.165, 1.54) is 0 Å². The van der Waals surface area contributed by atoms with Crippen LogP contribution in [0, 0.1) is 0 Å². The zero-order valence-corrected chi connectivity index (χ0v) is 9.07. The minimum atomic E-state index is -0.0502. The molecule has 0 aromatic carbocycles. The molecule has 2 heterocycles. The van der Waals surface area contributed by atoms with Gasteiger partial charge >= 0.3 is 0 Å². The summed E-state index contributed by atoms with van der Waals surface area (Å²) in [6.07, 6.45) is 2.60. The molecule has 16 heavy (non-hydrogen) atoms. The van der Waals surface area contributed by atoms with Crippen LogP contribution >= 0.6 is 0 Å². The first-order chi connectivity index (χ1) is 7.79. The number of rotatable bonds is 3. The van der Waals surface area contributed by atoms with Gasteiger partial charge in [-0.05, 0) is 25.1 Å². The summed E-state index contributed by atoms with van der Waals surface area (Å²) in [5, 5.41) is 6.18. The van der Waals surface area contributed by atoms with E-state index in [9.17, 15) is 4.79 Å². The van der Waals surface area contributed by atoms with Crippen molar-refractivity contribution < 1.29 is 4.79 Å². The Labute approximate surface area is 94.4 Å².